The highest BCUT2D eigenvalue weighted by atomic mass is 16.4. The Morgan fingerprint density at radius 1 is 1.67 bits per heavy atom. The number of hydrogen-bond acceptors (Lipinski definition) is 3. The number of nitrogens with zero attached hydrogens (tertiary/aromatic N) is 2. The number of carbonyl (C=O) groups excluding carboxylic acids is 1. The molecule has 0 unspecified atom stereocenters. The van der Waals surface area contributed by atoms with E-state index in [0.29, 0.717) is 5.56 Å². The topological polar surface area (TPSA) is 72.2 Å². The lowest BCUT2D eigenvalue weighted by atomic mass is 9.64. The van der Waals surface area contributed by atoms with Crippen LogP contribution in [0.1, 0.15) is 18.4 Å². The number of ketones is 1. The first-order chi connectivity index (χ1) is 7.08. The third-order valence-electron chi connectivity index (χ3n) is 2.75. The lowest BCUT2D eigenvalue weighted by Gasteiger charge is -2.35. The van der Waals surface area contributed by atoms with Gasteiger partial charge in [0.05, 0.1) is 6.20 Å². The van der Waals surface area contributed by atoms with E-state index in [4.69, 9.17) is 5.11 Å². The quantitative estimate of drug-likeness (QED) is 0.788. The normalized spacial score (nSPS) is 18.3. The zero-order valence-corrected chi connectivity index (χ0v) is 8.01. The molecule has 78 valence electrons. The van der Waals surface area contributed by atoms with Crippen LogP contribution < -0.4 is 0 Å². The third-order valence-corrected chi connectivity index (χ3v) is 2.75. The number of carbonyl (C=O) groups is 2. The van der Waals surface area contributed by atoms with E-state index in [1.165, 1.54) is 17.1 Å². The van der Waals surface area contributed by atoms with Gasteiger partial charge < -0.3 is 5.11 Å². The molecule has 5 heteroatoms. The fourth-order valence-electron chi connectivity index (χ4n) is 1.79. The molecular formula is C10H10N2O3. The molecule has 0 atom stereocenters. The van der Waals surface area contributed by atoms with Crippen molar-refractivity contribution in [2.45, 2.75) is 18.3 Å². The van der Waals surface area contributed by atoms with Crippen molar-refractivity contribution in [3.8, 4) is 0 Å². The summed E-state index contributed by atoms with van der Waals surface area (Å²) in [6, 6.07) is 0. The Hall–Kier alpha value is -1.91. The molecule has 15 heavy (non-hydrogen) atoms. The van der Waals surface area contributed by atoms with Crippen LogP contribution in [0.3, 0.4) is 0 Å². The molecule has 1 heterocycles. The maximum Gasteiger partial charge on any atom is 0.315 e. The zero-order chi connectivity index (χ0) is 11.1. The van der Waals surface area contributed by atoms with Crippen molar-refractivity contribution in [1.82, 2.24) is 9.78 Å². The number of hydrogen-bond donors (Lipinski definition) is 1. The molecule has 1 saturated carbocycles. The van der Waals surface area contributed by atoms with Crippen molar-refractivity contribution in [2.24, 2.45) is 0 Å². The number of aromatic nitrogens is 2. The number of carboxylic acid groups (broad SMARTS) is 1. The molecule has 0 saturated heterocycles. The van der Waals surface area contributed by atoms with E-state index in [9.17, 15) is 9.59 Å². The minimum absolute atomic E-state index is 0.0243. The maximum absolute atomic E-state index is 11.1. The first-order valence-electron chi connectivity index (χ1n) is 4.51. The highest BCUT2D eigenvalue weighted by molar-refractivity contribution is 6.01. The average Bonchev–Trinajstić information content (AvgIpc) is 2.60. The van der Waals surface area contributed by atoms with Gasteiger partial charge in [0.25, 0.3) is 0 Å². The minimum Gasteiger partial charge on any atom is -0.481 e. The maximum atomic E-state index is 11.1. The Bertz CT molecular complexity index is 439. The van der Waals surface area contributed by atoms with Crippen LogP contribution >= 0.6 is 0 Å². The van der Waals surface area contributed by atoms with Crippen LogP contribution in [0.15, 0.2) is 19.0 Å². The smallest absolute Gasteiger partial charge is 0.315 e. The van der Waals surface area contributed by atoms with Crippen LogP contribution in [-0.4, -0.2) is 26.6 Å². The van der Waals surface area contributed by atoms with Gasteiger partial charge in [0.1, 0.15) is 11.2 Å². The SMILES string of the molecule is C=Cn1cc(C2(C(=O)O)CC(=O)C2)cn1. The van der Waals surface area contributed by atoms with E-state index in [-0.39, 0.29) is 18.6 Å². The summed E-state index contributed by atoms with van der Waals surface area (Å²) in [6.07, 6.45) is 4.66. The molecule has 0 aliphatic heterocycles. The first kappa shape index (κ1) is 9.64. The van der Waals surface area contributed by atoms with Crippen LogP contribution in [0.2, 0.25) is 0 Å². The first-order valence-corrected chi connectivity index (χ1v) is 4.51. The summed E-state index contributed by atoms with van der Waals surface area (Å²) in [5.41, 5.74) is -0.493. The van der Waals surface area contributed by atoms with Crippen molar-refractivity contribution in [3.63, 3.8) is 0 Å². The fourth-order valence-corrected chi connectivity index (χ4v) is 1.79. The van der Waals surface area contributed by atoms with Crippen LogP contribution in [0.5, 0.6) is 0 Å². The molecular weight excluding hydrogens is 196 g/mol. The molecule has 5 nitrogen and oxygen atoms in total. The molecule has 1 fully saturated rings. The Labute approximate surface area is 86.0 Å². The lowest BCUT2D eigenvalue weighted by molar-refractivity contribution is -0.153. The Kier molecular flexibility index (Phi) is 1.96. The van der Waals surface area contributed by atoms with Crippen molar-refractivity contribution < 1.29 is 14.7 Å². The van der Waals surface area contributed by atoms with Crippen LogP contribution in [0.4, 0.5) is 0 Å². The summed E-state index contributed by atoms with van der Waals surface area (Å²) in [4.78, 5) is 22.1. The Balaban J connectivity index is 2.38. The summed E-state index contributed by atoms with van der Waals surface area (Å²) in [6.45, 7) is 3.52. The molecule has 0 amide bonds. The summed E-state index contributed by atoms with van der Waals surface area (Å²) >= 11 is 0. The predicted octanol–water partition coefficient (Wildman–Crippen LogP) is 0.669. The highest BCUT2D eigenvalue weighted by Crippen LogP contribution is 2.41. The summed E-state index contributed by atoms with van der Waals surface area (Å²) in [5.74, 6) is -0.991. The number of carboxylic acids is 1. The van der Waals surface area contributed by atoms with Gasteiger partial charge in [-0.2, -0.15) is 5.10 Å². The molecule has 0 aromatic carbocycles. The standard InChI is InChI=1S/C10H10N2O3/c1-2-12-6-7(5-11-12)10(9(14)15)3-8(13)4-10/h2,5-6H,1,3-4H2,(H,14,15). The third kappa shape index (κ3) is 1.27. The average molecular weight is 206 g/mol. The van der Waals surface area contributed by atoms with Gasteiger partial charge in [-0.05, 0) is 0 Å². The summed E-state index contributed by atoms with van der Waals surface area (Å²) in [5, 5.41) is 13.0. The largest absolute Gasteiger partial charge is 0.481 e. The second-order valence-corrected chi connectivity index (χ2v) is 3.67. The van der Waals surface area contributed by atoms with Crippen LogP contribution in [-0.2, 0) is 15.0 Å². The monoisotopic (exact) mass is 206 g/mol. The van der Waals surface area contributed by atoms with Gasteiger partial charge in [-0.15, -0.1) is 0 Å². The molecule has 1 aliphatic carbocycles. The van der Waals surface area contributed by atoms with E-state index in [1.807, 2.05) is 0 Å². The zero-order valence-electron chi connectivity index (χ0n) is 8.01. The van der Waals surface area contributed by atoms with Gasteiger partial charge >= 0.3 is 5.97 Å². The molecule has 1 N–H and O–H groups in total. The molecule has 0 radical (unpaired) electrons. The van der Waals surface area contributed by atoms with Gasteiger partial charge in [0.2, 0.25) is 0 Å². The Morgan fingerprint density at radius 3 is 2.73 bits per heavy atom. The fraction of sp³-hybridized carbons (Fsp3) is 0.300. The summed E-state index contributed by atoms with van der Waals surface area (Å²) in [7, 11) is 0. The predicted molar refractivity (Wildman–Crippen MR) is 52.2 cm³/mol. The molecule has 2 rings (SSSR count). The molecule has 1 aromatic heterocycles. The number of rotatable bonds is 3. The number of aliphatic carboxylic acids is 1. The number of Topliss-reactive ketones (excluding diaryl/α,β-unsaturated/α-hetero) is 1. The van der Waals surface area contributed by atoms with Crippen molar-refractivity contribution in [1.29, 1.82) is 0 Å². The molecule has 0 bridgehead atoms. The van der Waals surface area contributed by atoms with Gasteiger partial charge in [-0.3, -0.25) is 9.59 Å². The van der Waals surface area contributed by atoms with Crippen molar-refractivity contribution >= 4 is 18.0 Å². The molecule has 1 aromatic rings. The van der Waals surface area contributed by atoms with Crippen molar-refractivity contribution in [2.75, 3.05) is 0 Å². The molecule has 0 spiro atoms. The van der Waals surface area contributed by atoms with Crippen LogP contribution in [0, 0.1) is 0 Å². The Morgan fingerprint density at radius 2 is 2.33 bits per heavy atom. The second kappa shape index (κ2) is 3.05. The van der Waals surface area contributed by atoms with E-state index in [0.717, 1.165) is 0 Å². The lowest BCUT2D eigenvalue weighted by Crippen LogP contribution is -2.48. The van der Waals surface area contributed by atoms with E-state index in [1.54, 1.807) is 6.20 Å². The summed E-state index contributed by atoms with van der Waals surface area (Å²) < 4.78 is 1.43. The molecule has 1 aliphatic rings. The second-order valence-electron chi connectivity index (χ2n) is 3.67. The van der Waals surface area contributed by atoms with E-state index in [2.05, 4.69) is 11.7 Å². The van der Waals surface area contributed by atoms with Crippen LogP contribution in [0.25, 0.3) is 6.20 Å². The van der Waals surface area contributed by atoms with Crippen molar-refractivity contribution in [3.05, 3.63) is 24.5 Å². The van der Waals surface area contributed by atoms with E-state index >= 15 is 0 Å². The van der Waals surface area contributed by atoms with Gasteiger partial charge in [0, 0.05) is 30.8 Å². The van der Waals surface area contributed by atoms with Gasteiger partial charge in [-0.25, -0.2) is 4.68 Å². The highest BCUT2D eigenvalue weighted by Gasteiger charge is 2.52. The van der Waals surface area contributed by atoms with Gasteiger partial charge in [0.15, 0.2) is 0 Å². The minimum atomic E-state index is -1.06. The van der Waals surface area contributed by atoms with E-state index < -0.39 is 11.4 Å². The van der Waals surface area contributed by atoms with Gasteiger partial charge in [-0.1, -0.05) is 6.58 Å².